The second-order valence-electron chi connectivity index (χ2n) is 3.20. The van der Waals surface area contributed by atoms with E-state index in [1.165, 1.54) is 0 Å². The van der Waals surface area contributed by atoms with E-state index in [9.17, 15) is 4.79 Å². The van der Waals surface area contributed by atoms with Gasteiger partial charge in [0, 0.05) is 11.6 Å². The number of hydrogen-bond acceptors (Lipinski definition) is 1. The Bertz CT molecular complexity index is 398. The van der Waals surface area contributed by atoms with Crippen LogP contribution in [0.4, 0.5) is 5.69 Å². The number of nitrogens with one attached hydrogen (secondary N) is 1. The summed E-state index contributed by atoms with van der Waals surface area (Å²) in [6.07, 6.45) is 4.31. The van der Waals surface area contributed by atoms with Crippen molar-refractivity contribution in [3.63, 3.8) is 0 Å². The van der Waals surface area contributed by atoms with Crippen LogP contribution in [0.1, 0.15) is 11.1 Å². The summed E-state index contributed by atoms with van der Waals surface area (Å²) >= 11 is 5.54. The highest BCUT2D eigenvalue weighted by molar-refractivity contribution is 6.19. The molecule has 0 radical (unpaired) electrons. The van der Waals surface area contributed by atoms with E-state index >= 15 is 0 Å². The monoisotopic (exact) mass is 207 g/mol. The number of benzene rings is 1. The van der Waals surface area contributed by atoms with E-state index in [1.54, 1.807) is 0 Å². The van der Waals surface area contributed by atoms with Crippen molar-refractivity contribution < 1.29 is 4.79 Å². The second kappa shape index (κ2) is 3.84. The van der Waals surface area contributed by atoms with Crippen molar-refractivity contribution in [3.8, 4) is 0 Å². The fraction of sp³-hybridized carbons (Fsp3) is 0.182. The van der Waals surface area contributed by atoms with Crippen LogP contribution in [0, 0.1) is 0 Å². The molecule has 0 unspecified atom stereocenters. The summed E-state index contributed by atoms with van der Waals surface area (Å²) in [5, 5.41) is 2.81. The normalized spacial score (nSPS) is 14.5. The minimum Gasteiger partial charge on any atom is -0.326 e. The van der Waals surface area contributed by atoms with Gasteiger partial charge in [0.05, 0.1) is 6.42 Å². The zero-order valence-corrected chi connectivity index (χ0v) is 8.34. The maximum atomic E-state index is 11.1. The molecule has 1 aromatic rings. The van der Waals surface area contributed by atoms with Crippen LogP contribution < -0.4 is 5.32 Å². The first kappa shape index (κ1) is 9.28. The fourth-order valence-corrected chi connectivity index (χ4v) is 1.61. The summed E-state index contributed by atoms with van der Waals surface area (Å²) in [6.45, 7) is 0. The van der Waals surface area contributed by atoms with Crippen molar-refractivity contribution in [1.82, 2.24) is 0 Å². The molecule has 0 spiro atoms. The molecule has 3 heteroatoms. The average Bonchev–Trinajstić information content (AvgIpc) is 2.54. The van der Waals surface area contributed by atoms with Gasteiger partial charge in [0.25, 0.3) is 0 Å². The summed E-state index contributed by atoms with van der Waals surface area (Å²) in [4.78, 5) is 11.1. The number of alkyl halides is 1. The third-order valence-corrected chi connectivity index (χ3v) is 2.34. The molecule has 0 bridgehead atoms. The highest BCUT2D eigenvalue weighted by Gasteiger charge is 2.16. The Hall–Kier alpha value is -1.28. The lowest BCUT2D eigenvalue weighted by molar-refractivity contribution is -0.115. The zero-order chi connectivity index (χ0) is 9.97. The van der Waals surface area contributed by atoms with Gasteiger partial charge in [-0.05, 0) is 17.2 Å². The number of carbonyl (C=O) groups excluding carboxylic acids is 1. The first-order valence-electron chi connectivity index (χ1n) is 4.45. The Morgan fingerprint density at radius 3 is 3.14 bits per heavy atom. The maximum Gasteiger partial charge on any atom is 0.228 e. The number of halogens is 1. The predicted molar refractivity (Wildman–Crippen MR) is 58.5 cm³/mol. The summed E-state index contributed by atoms with van der Waals surface area (Å²) in [5.41, 5.74) is 3.05. The Labute approximate surface area is 87.6 Å². The lowest BCUT2D eigenvalue weighted by atomic mass is 10.1. The number of allylic oxidation sites excluding steroid dienone is 1. The number of fused-ring (bicyclic) bond motifs is 1. The number of carbonyl (C=O) groups is 1. The van der Waals surface area contributed by atoms with Crippen LogP contribution in [-0.2, 0) is 11.2 Å². The lowest BCUT2D eigenvalue weighted by Gasteiger charge is -1.99. The third-order valence-electron chi connectivity index (χ3n) is 2.16. The van der Waals surface area contributed by atoms with E-state index in [-0.39, 0.29) is 5.91 Å². The highest BCUT2D eigenvalue weighted by atomic mass is 35.5. The first-order chi connectivity index (χ1) is 6.79. The van der Waals surface area contributed by atoms with E-state index in [1.807, 2.05) is 30.4 Å². The van der Waals surface area contributed by atoms with Crippen LogP contribution in [0.2, 0.25) is 0 Å². The molecule has 1 aliphatic rings. The molecule has 14 heavy (non-hydrogen) atoms. The van der Waals surface area contributed by atoms with E-state index in [0.29, 0.717) is 12.3 Å². The number of hydrogen-bond donors (Lipinski definition) is 1. The van der Waals surface area contributed by atoms with Crippen molar-refractivity contribution in [2.75, 3.05) is 11.2 Å². The van der Waals surface area contributed by atoms with Crippen molar-refractivity contribution in [1.29, 1.82) is 0 Å². The zero-order valence-electron chi connectivity index (χ0n) is 7.59. The molecule has 0 saturated carbocycles. The molecule has 1 aliphatic heterocycles. The minimum atomic E-state index is 0.0680. The molecule has 1 amide bonds. The Balaban J connectivity index is 2.28. The van der Waals surface area contributed by atoms with Gasteiger partial charge in [-0.2, -0.15) is 0 Å². The SMILES string of the molecule is O=C1Cc2ccc(C=CCCl)cc2N1. The van der Waals surface area contributed by atoms with Gasteiger partial charge in [-0.15, -0.1) is 11.6 Å². The molecule has 1 heterocycles. The van der Waals surface area contributed by atoms with Gasteiger partial charge in [0.15, 0.2) is 0 Å². The lowest BCUT2D eigenvalue weighted by Crippen LogP contribution is -2.03. The summed E-state index contributed by atoms with van der Waals surface area (Å²) < 4.78 is 0. The number of rotatable bonds is 2. The van der Waals surface area contributed by atoms with Crippen molar-refractivity contribution >= 4 is 29.3 Å². The van der Waals surface area contributed by atoms with Crippen LogP contribution in [0.25, 0.3) is 6.08 Å². The molecule has 0 saturated heterocycles. The van der Waals surface area contributed by atoms with Crippen LogP contribution in [-0.4, -0.2) is 11.8 Å². The molecule has 0 fully saturated rings. The highest BCUT2D eigenvalue weighted by Crippen LogP contribution is 2.24. The van der Waals surface area contributed by atoms with Gasteiger partial charge in [-0.25, -0.2) is 0 Å². The number of anilines is 1. The van der Waals surface area contributed by atoms with Gasteiger partial charge in [0.2, 0.25) is 5.91 Å². The third kappa shape index (κ3) is 1.80. The van der Waals surface area contributed by atoms with E-state index in [4.69, 9.17) is 11.6 Å². The Morgan fingerprint density at radius 1 is 1.50 bits per heavy atom. The van der Waals surface area contributed by atoms with Gasteiger partial charge >= 0.3 is 0 Å². The van der Waals surface area contributed by atoms with Crippen LogP contribution >= 0.6 is 11.6 Å². The van der Waals surface area contributed by atoms with Crippen LogP contribution in [0.15, 0.2) is 24.3 Å². The topological polar surface area (TPSA) is 29.1 Å². The minimum absolute atomic E-state index is 0.0680. The van der Waals surface area contributed by atoms with E-state index in [0.717, 1.165) is 16.8 Å². The molecule has 0 atom stereocenters. The standard InChI is InChI=1S/C11H10ClNO/c12-5-1-2-8-3-4-9-7-11(14)13-10(9)6-8/h1-4,6H,5,7H2,(H,13,14). The van der Waals surface area contributed by atoms with E-state index < -0.39 is 0 Å². The summed E-state index contributed by atoms with van der Waals surface area (Å²) in [7, 11) is 0. The van der Waals surface area contributed by atoms with Gasteiger partial charge in [-0.1, -0.05) is 24.3 Å². The molecular formula is C11H10ClNO. The molecule has 1 aromatic carbocycles. The largest absolute Gasteiger partial charge is 0.326 e. The Morgan fingerprint density at radius 2 is 2.36 bits per heavy atom. The van der Waals surface area contributed by atoms with Gasteiger partial charge in [-0.3, -0.25) is 4.79 Å². The Kier molecular flexibility index (Phi) is 2.55. The molecular weight excluding hydrogens is 198 g/mol. The number of amides is 1. The van der Waals surface area contributed by atoms with Gasteiger partial charge < -0.3 is 5.32 Å². The predicted octanol–water partition coefficient (Wildman–Crippen LogP) is 2.43. The first-order valence-corrected chi connectivity index (χ1v) is 4.98. The summed E-state index contributed by atoms with van der Waals surface area (Å²) in [5.74, 6) is 0.571. The van der Waals surface area contributed by atoms with Crippen LogP contribution in [0.3, 0.4) is 0 Å². The van der Waals surface area contributed by atoms with Crippen molar-refractivity contribution in [2.45, 2.75) is 6.42 Å². The van der Waals surface area contributed by atoms with E-state index in [2.05, 4.69) is 5.32 Å². The van der Waals surface area contributed by atoms with Crippen molar-refractivity contribution in [3.05, 3.63) is 35.4 Å². The average molecular weight is 208 g/mol. The van der Waals surface area contributed by atoms with Crippen LogP contribution in [0.5, 0.6) is 0 Å². The van der Waals surface area contributed by atoms with Crippen molar-refractivity contribution in [2.24, 2.45) is 0 Å². The summed E-state index contributed by atoms with van der Waals surface area (Å²) in [6, 6.07) is 5.92. The maximum absolute atomic E-state index is 11.1. The molecule has 0 aromatic heterocycles. The second-order valence-corrected chi connectivity index (χ2v) is 3.51. The smallest absolute Gasteiger partial charge is 0.228 e. The molecule has 2 nitrogen and oxygen atoms in total. The fourth-order valence-electron chi connectivity index (χ4n) is 1.52. The van der Waals surface area contributed by atoms with Gasteiger partial charge in [0.1, 0.15) is 0 Å². The molecule has 72 valence electrons. The molecule has 0 aliphatic carbocycles. The quantitative estimate of drug-likeness (QED) is 0.742. The molecule has 1 N–H and O–H groups in total. The molecule has 2 rings (SSSR count).